The highest BCUT2D eigenvalue weighted by Crippen LogP contribution is 2.11. The molecule has 15 heavy (non-hydrogen) atoms. The molecule has 0 aliphatic carbocycles. The predicted molar refractivity (Wildman–Crippen MR) is 62.3 cm³/mol. The molecule has 1 atom stereocenters. The molecule has 1 amide bonds. The summed E-state index contributed by atoms with van der Waals surface area (Å²) >= 11 is 0. The largest absolute Gasteiger partial charge is 0.381 e. The second kappa shape index (κ2) is 8.95. The summed E-state index contributed by atoms with van der Waals surface area (Å²) < 4.78 is 5.33. The molecule has 1 aliphatic rings. The minimum absolute atomic E-state index is 0. The zero-order chi connectivity index (χ0) is 10.2. The van der Waals surface area contributed by atoms with Crippen LogP contribution in [0.3, 0.4) is 0 Å². The minimum atomic E-state index is 0. The highest BCUT2D eigenvalue weighted by Gasteiger charge is 2.14. The third-order valence-corrected chi connectivity index (χ3v) is 2.44. The average molecular weight is 237 g/mol. The highest BCUT2D eigenvalue weighted by atomic mass is 35.5. The molecule has 1 saturated heterocycles. The van der Waals surface area contributed by atoms with Crippen LogP contribution in [0, 0.1) is 5.92 Å². The Hall–Kier alpha value is -0.320. The van der Waals surface area contributed by atoms with Crippen molar-refractivity contribution in [2.24, 2.45) is 5.92 Å². The van der Waals surface area contributed by atoms with Crippen LogP contribution in [0.1, 0.15) is 19.3 Å². The quantitative estimate of drug-likeness (QED) is 0.734. The molecule has 90 valence electrons. The van der Waals surface area contributed by atoms with Crippen LogP contribution in [-0.4, -0.2) is 39.3 Å². The van der Waals surface area contributed by atoms with Gasteiger partial charge in [0.2, 0.25) is 5.91 Å². The maximum Gasteiger partial charge on any atom is 0.221 e. The topological polar surface area (TPSA) is 50.4 Å². The Labute approximate surface area is 97.5 Å². The van der Waals surface area contributed by atoms with Gasteiger partial charge >= 0.3 is 0 Å². The number of halogens is 1. The predicted octanol–water partition coefficient (Wildman–Crippen LogP) is 0.560. The third kappa shape index (κ3) is 6.71. The maximum absolute atomic E-state index is 11.3. The lowest BCUT2D eigenvalue weighted by atomic mass is 10.0. The van der Waals surface area contributed by atoms with E-state index in [1.807, 2.05) is 7.05 Å². The van der Waals surface area contributed by atoms with Crippen LogP contribution in [0.25, 0.3) is 0 Å². The fourth-order valence-corrected chi connectivity index (χ4v) is 1.55. The maximum atomic E-state index is 11.3. The third-order valence-electron chi connectivity index (χ3n) is 2.44. The fourth-order valence-electron chi connectivity index (χ4n) is 1.55. The van der Waals surface area contributed by atoms with E-state index in [0.717, 1.165) is 32.7 Å². The smallest absolute Gasteiger partial charge is 0.221 e. The molecule has 0 aromatic carbocycles. The first-order chi connectivity index (χ1) is 6.83. The summed E-state index contributed by atoms with van der Waals surface area (Å²) in [6, 6.07) is 0. The number of carbonyl (C=O) groups is 1. The van der Waals surface area contributed by atoms with E-state index in [1.54, 1.807) is 0 Å². The number of hydrogen-bond acceptors (Lipinski definition) is 3. The van der Waals surface area contributed by atoms with Crippen molar-refractivity contribution in [1.29, 1.82) is 0 Å². The first-order valence-corrected chi connectivity index (χ1v) is 5.32. The summed E-state index contributed by atoms with van der Waals surface area (Å²) in [6.45, 7) is 3.19. The van der Waals surface area contributed by atoms with Crippen molar-refractivity contribution < 1.29 is 9.53 Å². The van der Waals surface area contributed by atoms with Gasteiger partial charge in [-0.1, -0.05) is 0 Å². The van der Waals surface area contributed by atoms with Gasteiger partial charge in [-0.15, -0.1) is 12.4 Å². The van der Waals surface area contributed by atoms with E-state index >= 15 is 0 Å². The molecule has 4 nitrogen and oxygen atoms in total. The molecule has 0 aromatic rings. The second-order valence-corrected chi connectivity index (χ2v) is 3.74. The van der Waals surface area contributed by atoms with Crippen molar-refractivity contribution in [1.82, 2.24) is 10.6 Å². The average Bonchev–Trinajstić information content (AvgIpc) is 2.25. The Morgan fingerprint density at radius 1 is 1.53 bits per heavy atom. The van der Waals surface area contributed by atoms with Crippen LogP contribution in [0.2, 0.25) is 0 Å². The SMILES string of the molecule is CNCCC(=O)NCC1CCCOC1.Cl. The molecule has 0 aromatic heterocycles. The first-order valence-electron chi connectivity index (χ1n) is 5.32. The first kappa shape index (κ1) is 14.7. The van der Waals surface area contributed by atoms with Crippen LogP contribution < -0.4 is 10.6 Å². The van der Waals surface area contributed by atoms with E-state index in [1.165, 1.54) is 6.42 Å². The molecule has 1 unspecified atom stereocenters. The molecule has 5 heteroatoms. The van der Waals surface area contributed by atoms with Crippen molar-refractivity contribution in [2.45, 2.75) is 19.3 Å². The number of hydrogen-bond donors (Lipinski definition) is 2. The lowest BCUT2D eigenvalue weighted by Gasteiger charge is -2.22. The summed E-state index contributed by atoms with van der Waals surface area (Å²) in [7, 11) is 1.85. The van der Waals surface area contributed by atoms with Gasteiger partial charge in [-0.25, -0.2) is 0 Å². The van der Waals surface area contributed by atoms with Crippen molar-refractivity contribution in [2.75, 3.05) is 33.4 Å². The minimum Gasteiger partial charge on any atom is -0.381 e. The van der Waals surface area contributed by atoms with Crippen molar-refractivity contribution in [3.8, 4) is 0 Å². The Kier molecular flexibility index (Phi) is 8.76. The van der Waals surface area contributed by atoms with Gasteiger partial charge in [0.15, 0.2) is 0 Å². The second-order valence-electron chi connectivity index (χ2n) is 3.74. The molecule has 1 fully saturated rings. The van der Waals surface area contributed by atoms with Gasteiger partial charge in [-0.3, -0.25) is 4.79 Å². The Bertz CT molecular complexity index is 173. The Balaban J connectivity index is 0.00000196. The van der Waals surface area contributed by atoms with Gasteiger partial charge in [0.25, 0.3) is 0 Å². The van der Waals surface area contributed by atoms with E-state index < -0.39 is 0 Å². The van der Waals surface area contributed by atoms with Crippen LogP contribution in [0.5, 0.6) is 0 Å². The van der Waals surface area contributed by atoms with Crippen LogP contribution >= 0.6 is 12.4 Å². The summed E-state index contributed by atoms with van der Waals surface area (Å²) in [5.41, 5.74) is 0. The van der Waals surface area contributed by atoms with Gasteiger partial charge in [0.05, 0.1) is 6.61 Å². The number of carbonyl (C=O) groups excluding carboxylic acids is 1. The molecule has 2 N–H and O–H groups in total. The van der Waals surface area contributed by atoms with Gasteiger partial charge in [0.1, 0.15) is 0 Å². The zero-order valence-corrected chi connectivity index (χ0v) is 10.1. The Morgan fingerprint density at radius 3 is 2.93 bits per heavy atom. The van der Waals surface area contributed by atoms with Gasteiger partial charge < -0.3 is 15.4 Å². The van der Waals surface area contributed by atoms with Gasteiger partial charge in [0, 0.05) is 26.1 Å². The van der Waals surface area contributed by atoms with Crippen molar-refractivity contribution in [3.63, 3.8) is 0 Å². The highest BCUT2D eigenvalue weighted by molar-refractivity contribution is 5.85. The monoisotopic (exact) mass is 236 g/mol. The molecule has 0 saturated carbocycles. The zero-order valence-electron chi connectivity index (χ0n) is 9.25. The lowest BCUT2D eigenvalue weighted by Crippen LogP contribution is -2.34. The van der Waals surface area contributed by atoms with Gasteiger partial charge in [-0.2, -0.15) is 0 Å². The number of rotatable bonds is 5. The normalized spacial score (nSPS) is 20.5. The molecule has 0 spiro atoms. The van der Waals surface area contributed by atoms with E-state index in [9.17, 15) is 4.79 Å². The molecule has 1 rings (SSSR count). The number of amides is 1. The van der Waals surface area contributed by atoms with Gasteiger partial charge in [-0.05, 0) is 25.8 Å². The molecule has 0 bridgehead atoms. The summed E-state index contributed by atoms with van der Waals surface area (Å²) in [5, 5.41) is 5.88. The summed E-state index contributed by atoms with van der Waals surface area (Å²) in [5.74, 6) is 0.646. The van der Waals surface area contributed by atoms with Crippen molar-refractivity contribution >= 4 is 18.3 Å². The number of nitrogens with one attached hydrogen (secondary N) is 2. The summed E-state index contributed by atoms with van der Waals surface area (Å²) in [4.78, 5) is 11.3. The summed E-state index contributed by atoms with van der Waals surface area (Å²) in [6.07, 6.45) is 2.85. The van der Waals surface area contributed by atoms with E-state index in [0.29, 0.717) is 12.3 Å². The van der Waals surface area contributed by atoms with Crippen LogP contribution in [0.15, 0.2) is 0 Å². The van der Waals surface area contributed by atoms with Crippen LogP contribution in [-0.2, 0) is 9.53 Å². The van der Waals surface area contributed by atoms with E-state index in [2.05, 4.69) is 10.6 Å². The van der Waals surface area contributed by atoms with Crippen LogP contribution in [0.4, 0.5) is 0 Å². The van der Waals surface area contributed by atoms with E-state index in [-0.39, 0.29) is 18.3 Å². The number of ether oxygens (including phenoxy) is 1. The molecule has 0 radical (unpaired) electrons. The molecular weight excluding hydrogens is 216 g/mol. The van der Waals surface area contributed by atoms with Crippen molar-refractivity contribution in [3.05, 3.63) is 0 Å². The fraction of sp³-hybridized carbons (Fsp3) is 0.900. The van der Waals surface area contributed by atoms with E-state index in [4.69, 9.17) is 4.74 Å². The lowest BCUT2D eigenvalue weighted by molar-refractivity contribution is -0.121. The molecule has 1 heterocycles. The Morgan fingerprint density at radius 2 is 2.33 bits per heavy atom. The standard InChI is InChI=1S/C10H20N2O2.ClH/c1-11-5-4-10(13)12-7-9-3-2-6-14-8-9;/h9,11H,2-8H2,1H3,(H,12,13);1H. The molecule has 1 aliphatic heterocycles. The molecular formula is C10H21ClN2O2.